The predicted molar refractivity (Wildman–Crippen MR) is 97.1 cm³/mol. The molecule has 2 heterocycles. The smallest absolute Gasteiger partial charge is 0.284 e. The second kappa shape index (κ2) is 4.93. The molecule has 5 nitrogen and oxygen atoms in total. The molecule has 2 aromatic heterocycles. The van der Waals surface area contributed by atoms with Gasteiger partial charge >= 0.3 is 0 Å². The molecule has 0 N–H and O–H groups in total. The number of aromatic nitrogens is 3. The Morgan fingerprint density at radius 2 is 1.96 bits per heavy atom. The van der Waals surface area contributed by atoms with Crippen LogP contribution in [0.3, 0.4) is 0 Å². The molecular formula is C21H21N3O2. The van der Waals surface area contributed by atoms with Crippen molar-refractivity contribution < 1.29 is 9.32 Å². The average Bonchev–Trinajstić information content (AvgIpc) is 3.07. The van der Waals surface area contributed by atoms with Crippen LogP contribution >= 0.6 is 0 Å². The van der Waals surface area contributed by atoms with Gasteiger partial charge in [0.1, 0.15) is 17.0 Å². The van der Waals surface area contributed by atoms with E-state index in [1.54, 1.807) is 11.6 Å². The van der Waals surface area contributed by atoms with Gasteiger partial charge in [-0.15, -0.1) is 0 Å². The zero-order chi connectivity index (χ0) is 18.2. The van der Waals surface area contributed by atoms with Crippen molar-refractivity contribution in [1.82, 2.24) is 14.9 Å². The van der Waals surface area contributed by atoms with Gasteiger partial charge in [-0.05, 0) is 37.5 Å². The van der Waals surface area contributed by atoms with Gasteiger partial charge in [-0.3, -0.25) is 4.79 Å². The number of fused-ring (bicyclic) bond motifs is 3. The van der Waals surface area contributed by atoms with Crippen molar-refractivity contribution in [2.24, 2.45) is 11.3 Å². The second-order valence-corrected chi connectivity index (χ2v) is 8.10. The van der Waals surface area contributed by atoms with Crippen molar-refractivity contribution in [1.29, 1.82) is 0 Å². The SMILES string of the molecule is Cc1nn(C(=O)c2c(-c3ccccc3)noc2C)c2c1[C@H]1[C@@H](C2)C1(C)C. The lowest BCUT2D eigenvalue weighted by Gasteiger charge is -2.10. The molecule has 2 atom stereocenters. The number of hydrogen-bond acceptors (Lipinski definition) is 4. The van der Waals surface area contributed by atoms with E-state index in [0.717, 1.165) is 23.4 Å². The number of benzene rings is 1. The summed E-state index contributed by atoms with van der Waals surface area (Å²) in [5.41, 5.74) is 5.61. The molecule has 2 aliphatic rings. The highest BCUT2D eigenvalue weighted by Gasteiger charge is 2.64. The maximum Gasteiger partial charge on any atom is 0.284 e. The lowest BCUT2D eigenvalue weighted by atomic mass is 9.98. The highest BCUT2D eigenvalue weighted by Crippen LogP contribution is 2.70. The third kappa shape index (κ3) is 1.88. The molecule has 5 heteroatoms. The van der Waals surface area contributed by atoms with Crippen LogP contribution < -0.4 is 0 Å². The van der Waals surface area contributed by atoms with Gasteiger partial charge < -0.3 is 4.52 Å². The van der Waals surface area contributed by atoms with Crippen LogP contribution in [-0.4, -0.2) is 20.8 Å². The summed E-state index contributed by atoms with van der Waals surface area (Å²) >= 11 is 0. The molecule has 0 bridgehead atoms. The molecule has 1 aromatic carbocycles. The fraction of sp³-hybridized carbons (Fsp3) is 0.381. The van der Waals surface area contributed by atoms with Crippen LogP contribution in [0.5, 0.6) is 0 Å². The monoisotopic (exact) mass is 347 g/mol. The van der Waals surface area contributed by atoms with Gasteiger partial charge in [0, 0.05) is 11.1 Å². The predicted octanol–water partition coefficient (Wildman–Crippen LogP) is 4.14. The Kier molecular flexibility index (Phi) is 2.95. The second-order valence-electron chi connectivity index (χ2n) is 8.10. The summed E-state index contributed by atoms with van der Waals surface area (Å²) < 4.78 is 6.97. The van der Waals surface area contributed by atoms with Crippen LogP contribution in [0, 0.1) is 25.2 Å². The van der Waals surface area contributed by atoms with Crippen molar-refractivity contribution in [3.63, 3.8) is 0 Å². The van der Waals surface area contributed by atoms with E-state index < -0.39 is 0 Å². The summed E-state index contributed by atoms with van der Waals surface area (Å²) in [4.78, 5) is 13.4. The standard InChI is InChI=1S/C21H21N3O2/c1-11-16-15(10-14-18(16)21(14,3)4)24(22-11)20(25)17-12(2)26-23-19(17)13-8-6-5-7-9-13/h5-9,14,18H,10H2,1-4H3/t14-,18-/m1/s1. The lowest BCUT2D eigenvalue weighted by Crippen LogP contribution is -2.18. The van der Waals surface area contributed by atoms with Gasteiger partial charge in [0.2, 0.25) is 0 Å². The van der Waals surface area contributed by atoms with Gasteiger partial charge in [-0.2, -0.15) is 5.10 Å². The first kappa shape index (κ1) is 15.6. The number of nitrogens with zero attached hydrogens (tertiary/aromatic N) is 3. The number of rotatable bonds is 2. The molecular weight excluding hydrogens is 326 g/mol. The molecule has 0 radical (unpaired) electrons. The van der Waals surface area contributed by atoms with Crippen molar-refractivity contribution in [3.8, 4) is 11.3 Å². The number of hydrogen-bond donors (Lipinski definition) is 0. The minimum atomic E-state index is -0.147. The van der Waals surface area contributed by atoms with Crippen LogP contribution in [0.1, 0.15) is 52.8 Å². The average molecular weight is 347 g/mol. The van der Waals surface area contributed by atoms with Crippen LogP contribution in [0.15, 0.2) is 34.9 Å². The Hall–Kier alpha value is -2.69. The van der Waals surface area contributed by atoms with Gasteiger partial charge in [0.25, 0.3) is 5.91 Å². The van der Waals surface area contributed by atoms with Crippen molar-refractivity contribution >= 4 is 5.91 Å². The van der Waals surface area contributed by atoms with E-state index in [-0.39, 0.29) is 5.91 Å². The molecule has 2 aliphatic carbocycles. The van der Waals surface area contributed by atoms with Gasteiger partial charge in [0.05, 0.1) is 11.4 Å². The molecule has 0 unspecified atom stereocenters. The van der Waals surface area contributed by atoms with Crippen LogP contribution in [0.2, 0.25) is 0 Å². The van der Waals surface area contributed by atoms with E-state index in [9.17, 15) is 4.79 Å². The largest absolute Gasteiger partial charge is 0.360 e. The van der Waals surface area contributed by atoms with E-state index >= 15 is 0 Å². The maximum atomic E-state index is 13.4. The lowest BCUT2D eigenvalue weighted by molar-refractivity contribution is 0.0940. The van der Waals surface area contributed by atoms with E-state index in [0.29, 0.717) is 34.3 Å². The summed E-state index contributed by atoms with van der Waals surface area (Å²) in [5.74, 6) is 1.55. The molecule has 0 aliphatic heterocycles. The van der Waals surface area contributed by atoms with Crippen molar-refractivity contribution in [2.45, 2.75) is 40.0 Å². The summed E-state index contributed by atoms with van der Waals surface area (Å²) in [6.45, 7) is 8.41. The Bertz CT molecular complexity index is 1040. The van der Waals surface area contributed by atoms with Gasteiger partial charge in [-0.25, -0.2) is 4.68 Å². The van der Waals surface area contributed by atoms with E-state index in [1.165, 1.54) is 5.56 Å². The van der Waals surface area contributed by atoms with E-state index in [2.05, 4.69) is 24.1 Å². The Morgan fingerprint density at radius 1 is 1.23 bits per heavy atom. The van der Waals surface area contributed by atoms with E-state index in [1.807, 2.05) is 37.3 Å². The topological polar surface area (TPSA) is 60.9 Å². The Balaban J connectivity index is 1.61. The first-order valence-electron chi connectivity index (χ1n) is 9.06. The molecule has 0 spiro atoms. The zero-order valence-corrected chi connectivity index (χ0v) is 15.4. The fourth-order valence-corrected chi connectivity index (χ4v) is 4.79. The van der Waals surface area contributed by atoms with Crippen LogP contribution in [-0.2, 0) is 6.42 Å². The minimum Gasteiger partial charge on any atom is -0.360 e. The highest BCUT2D eigenvalue weighted by atomic mass is 16.5. The summed E-state index contributed by atoms with van der Waals surface area (Å²) in [6.07, 6.45) is 0.921. The molecule has 1 fully saturated rings. The zero-order valence-electron chi connectivity index (χ0n) is 15.4. The maximum absolute atomic E-state index is 13.4. The van der Waals surface area contributed by atoms with Crippen LogP contribution in [0.4, 0.5) is 0 Å². The molecule has 26 heavy (non-hydrogen) atoms. The molecule has 0 amide bonds. The molecule has 5 rings (SSSR count). The third-order valence-electron chi connectivity index (χ3n) is 6.30. The van der Waals surface area contributed by atoms with Crippen molar-refractivity contribution in [3.05, 3.63) is 58.6 Å². The van der Waals surface area contributed by atoms with Crippen LogP contribution in [0.25, 0.3) is 11.3 Å². The third-order valence-corrected chi connectivity index (χ3v) is 6.30. The first-order valence-corrected chi connectivity index (χ1v) is 9.06. The summed E-state index contributed by atoms with van der Waals surface area (Å²) in [5, 5.41) is 8.75. The van der Waals surface area contributed by atoms with E-state index in [4.69, 9.17) is 4.52 Å². The number of carbonyl (C=O) groups is 1. The number of aryl methyl sites for hydroxylation is 2. The first-order chi connectivity index (χ1) is 12.4. The minimum absolute atomic E-state index is 0.147. The van der Waals surface area contributed by atoms with Crippen molar-refractivity contribution in [2.75, 3.05) is 0 Å². The molecule has 3 aromatic rings. The summed E-state index contributed by atoms with van der Waals surface area (Å²) in [7, 11) is 0. The Labute approximate surface area is 152 Å². The fourth-order valence-electron chi connectivity index (χ4n) is 4.79. The molecule has 132 valence electrons. The molecule has 1 saturated carbocycles. The summed E-state index contributed by atoms with van der Waals surface area (Å²) in [6, 6.07) is 9.67. The Morgan fingerprint density at radius 3 is 2.69 bits per heavy atom. The number of carbonyl (C=O) groups excluding carboxylic acids is 1. The van der Waals surface area contributed by atoms with Gasteiger partial charge in [-0.1, -0.05) is 49.3 Å². The highest BCUT2D eigenvalue weighted by molar-refractivity contribution is 6.02. The normalized spacial score (nSPS) is 22.2. The van der Waals surface area contributed by atoms with Gasteiger partial charge in [0.15, 0.2) is 0 Å². The quantitative estimate of drug-likeness (QED) is 0.699. The molecule has 0 saturated heterocycles.